The van der Waals surface area contributed by atoms with Gasteiger partial charge in [0.25, 0.3) is 0 Å². The van der Waals surface area contributed by atoms with Gasteiger partial charge in [0.2, 0.25) is 0 Å². The average molecular weight is 293 g/mol. The van der Waals surface area contributed by atoms with Crippen molar-refractivity contribution in [1.82, 2.24) is 5.32 Å². The van der Waals surface area contributed by atoms with Crippen LogP contribution in [0.5, 0.6) is 5.75 Å². The van der Waals surface area contributed by atoms with Crippen LogP contribution in [-0.2, 0) is 0 Å². The molecule has 3 heteroatoms. The smallest absolute Gasteiger partial charge is 0.120 e. The van der Waals surface area contributed by atoms with E-state index < -0.39 is 0 Å². The highest BCUT2D eigenvalue weighted by Crippen LogP contribution is 2.36. The van der Waals surface area contributed by atoms with Crippen molar-refractivity contribution in [3.63, 3.8) is 0 Å². The average Bonchev–Trinajstić information content (AvgIpc) is 2.93. The molecule has 2 nitrogen and oxygen atoms in total. The van der Waals surface area contributed by atoms with Crippen LogP contribution in [0.2, 0.25) is 0 Å². The number of rotatable bonds is 7. The summed E-state index contributed by atoms with van der Waals surface area (Å²) in [6.07, 6.45) is 4.08. The van der Waals surface area contributed by atoms with E-state index in [1.54, 1.807) is 0 Å². The maximum absolute atomic E-state index is 5.84. The van der Waals surface area contributed by atoms with Crippen molar-refractivity contribution in [2.24, 2.45) is 0 Å². The van der Waals surface area contributed by atoms with Crippen molar-refractivity contribution >= 4 is 11.8 Å². The molecular weight excluding hydrogens is 266 g/mol. The van der Waals surface area contributed by atoms with E-state index in [0.29, 0.717) is 11.3 Å². The van der Waals surface area contributed by atoms with E-state index in [4.69, 9.17) is 4.74 Å². The molecule has 1 fully saturated rings. The first-order valence-electron chi connectivity index (χ1n) is 7.82. The Bertz CT molecular complexity index is 402. The van der Waals surface area contributed by atoms with Crippen LogP contribution in [0, 0.1) is 0 Å². The van der Waals surface area contributed by atoms with E-state index >= 15 is 0 Å². The quantitative estimate of drug-likeness (QED) is 0.804. The second-order valence-corrected chi connectivity index (χ2v) is 7.07. The van der Waals surface area contributed by atoms with Crippen LogP contribution in [0.4, 0.5) is 0 Å². The second kappa shape index (κ2) is 7.94. The molecule has 1 heterocycles. The van der Waals surface area contributed by atoms with Crippen LogP contribution < -0.4 is 10.1 Å². The summed E-state index contributed by atoms with van der Waals surface area (Å²) in [7, 11) is 0. The van der Waals surface area contributed by atoms with E-state index in [1.807, 2.05) is 0 Å². The zero-order chi connectivity index (χ0) is 14.4. The summed E-state index contributed by atoms with van der Waals surface area (Å²) in [6.45, 7) is 7.46. The Balaban J connectivity index is 2.14. The number of ether oxygens (including phenoxy) is 1. The minimum Gasteiger partial charge on any atom is -0.491 e. The van der Waals surface area contributed by atoms with E-state index in [-0.39, 0.29) is 6.10 Å². The first kappa shape index (κ1) is 15.7. The summed E-state index contributed by atoms with van der Waals surface area (Å²) < 4.78 is 5.84. The molecule has 2 rings (SSSR count). The van der Waals surface area contributed by atoms with Crippen LogP contribution >= 0.6 is 11.8 Å². The monoisotopic (exact) mass is 293 g/mol. The molecular formula is C17H27NOS. The number of hydrogen-bond acceptors (Lipinski definition) is 3. The zero-order valence-electron chi connectivity index (χ0n) is 12.9. The van der Waals surface area contributed by atoms with Gasteiger partial charge < -0.3 is 10.1 Å². The van der Waals surface area contributed by atoms with Crippen LogP contribution in [0.25, 0.3) is 0 Å². The Labute approximate surface area is 127 Å². The third-order valence-electron chi connectivity index (χ3n) is 3.54. The normalized spacial score (nSPS) is 20.3. The van der Waals surface area contributed by atoms with Gasteiger partial charge in [0, 0.05) is 11.3 Å². The number of benzene rings is 1. The highest BCUT2D eigenvalue weighted by molar-refractivity contribution is 8.00. The van der Waals surface area contributed by atoms with Crippen molar-refractivity contribution in [3.8, 4) is 5.75 Å². The summed E-state index contributed by atoms with van der Waals surface area (Å²) in [4.78, 5) is 0. The fraction of sp³-hybridized carbons (Fsp3) is 0.647. The molecule has 1 aromatic carbocycles. The van der Waals surface area contributed by atoms with E-state index in [0.717, 1.165) is 12.3 Å². The van der Waals surface area contributed by atoms with Gasteiger partial charge in [-0.1, -0.05) is 19.1 Å². The molecule has 0 aromatic heterocycles. The van der Waals surface area contributed by atoms with Gasteiger partial charge in [0.15, 0.2) is 0 Å². The van der Waals surface area contributed by atoms with Crippen LogP contribution in [0.3, 0.4) is 0 Å². The second-order valence-electron chi connectivity index (χ2n) is 5.72. The fourth-order valence-electron chi connectivity index (χ4n) is 2.68. The van der Waals surface area contributed by atoms with E-state index in [1.165, 1.54) is 30.6 Å². The van der Waals surface area contributed by atoms with Gasteiger partial charge in [-0.25, -0.2) is 0 Å². The standard InChI is InChI=1S/C17H27NOS/c1-4-10-18-17(16-9-6-11-20-16)14-7-5-8-15(12-14)19-13(2)3/h5,7-8,12-13,16-18H,4,6,9-11H2,1-3H3. The van der Waals surface area contributed by atoms with Crippen molar-refractivity contribution in [3.05, 3.63) is 29.8 Å². The molecule has 0 spiro atoms. The van der Waals surface area contributed by atoms with Gasteiger partial charge >= 0.3 is 0 Å². The summed E-state index contributed by atoms with van der Waals surface area (Å²) in [6, 6.07) is 9.08. The Kier molecular flexibility index (Phi) is 6.24. The lowest BCUT2D eigenvalue weighted by Gasteiger charge is -2.25. The third kappa shape index (κ3) is 4.42. The molecule has 0 bridgehead atoms. The van der Waals surface area contributed by atoms with Crippen LogP contribution in [0.1, 0.15) is 51.6 Å². The fourth-order valence-corrected chi connectivity index (χ4v) is 4.10. The first-order valence-corrected chi connectivity index (χ1v) is 8.87. The number of hydrogen-bond donors (Lipinski definition) is 1. The minimum atomic E-state index is 0.230. The lowest BCUT2D eigenvalue weighted by atomic mass is 10.0. The lowest BCUT2D eigenvalue weighted by molar-refractivity contribution is 0.242. The van der Waals surface area contributed by atoms with Crippen molar-refractivity contribution < 1.29 is 4.74 Å². The van der Waals surface area contributed by atoms with Crippen molar-refractivity contribution in [2.45, 2.75) is 57.4 Å². The maximum atomic E-state index is 5.84. The van der Waals surface area contributed by atoms with Crippen LogP contribution in [-0.4, -0.2) is 23.7 Å². The molecule has 20 heavy (non-hydrogen) atoms. The number of nitrogens with one attached hydrogen (secondary N) is 1. The van der Waals surface area contributed by atoms with Gasteiger partial charge in [0.05, 0.1) is 6.10 Å². The Morgan fingerprint density at radius 1 is 1.40 bits per heavy atom. The molecule has 1 aliphatic heterocycles. The van der Waals surface area contributed by atoms with Gasteiger partial charge in [-0.15, -0.1) is 0 Å². The molecule has 0 saturated carbocycles. The molecule has 0 aliphatic carbocycles. The summed E-state index contributed by atoms with van der Waals surface area (Å²) >= 11 is 2.11. The van der Waals surface area contributed by atoms with Crippen molar-refractivity contribution in [2.75, 3.05) is 12.3 Å². The van der Waals surface area contributed by atoms with Gasteiger partial charge in [-0.2, -0.15) is 11.8 Å². The SMILES string of the molecule is CCCNC(c1cccc(OC(C)C)c1)C1CCCS1. The highest BCUT2D eigenvalue weighted by Gasteiger charge is 2.26. The molecule has 2 atom stereocenters. The zero-order valence-corrected chi connectivity index (χ0v) is 13.7. The third-order valence-corrected chi connectivity index (χ3v) is 5.00. The first-order chi connectivity index (χ1) is 9.70. The maximum Gasteiger partial charge on any atom is 0.120 e. The van der Waals surface area contributed by atoms with E-state index in [2.05, 4.69) is 62.1 Å². The Morgan fingerprint density at radius 2 is 2.25 bits per heavy atom. The Morgan fingerprint density at radius 3 is 2.90 bits per heavy atom. The molecule has 1 aromatic rings. The molecule has 112 valence electrons. The summed E-state index contributed by atoms with van der Waals surface area (Å²) in [5.41, 5.74) is 1.37. The predicted octanol–water partition coefficient (Wildman–Crippen LogP) is 4.41. The number of thioether (sulfide) groups is 1. The molecule has 0 radical (unpaired) electrons. The molecule has 1 saturated heterocycles. The highest BCUT2D eigenvalue weighted by atomic mass is 32.2. The summed E-state index contributed by atoms with van der Waals surface area (Å²) in [5, 5.41) is 4.44. The summed E-state index contributed by atoms with van der Waals surface area (Å²) in [5.74, 6) is 2.29. The predicted molar refractivity (Wildman–Crippen MR) is 88.7 cm³/mol. The lowest BCUT2D eigenvalue weighted by Crippen LogP contribution is -2.29. The van der Waals surface area contributed by atoms with Gasteiger partial charge in [-0.3, -0.25) is 0 Å². The van der Waals surface area contributed by atoms with Crippen molar-refractivity contribution in [1.29, 1.82) is 0 Å². The molecule has 1 N–H and O–H groups in total. The molecule has 0 amide bonds. The molecule has 1 aliphatic rings. The minimum absolute atomic E-state index is 0.230. The van der Waals surface area contributed by atoms with Gasteiger partial charge in [-0.05, 0) is 63.1 Å². The Hall–Kier alpha value is -0.670. The largest absolute Gasteiger partial charge is 0.491 e. The molecule has 2 unspecified atom stereocenters. The topological polar surface area (TPSA) is 21.3 Å². The van der Waals surface area contributed by atoms with Crippen LogP contribution in [0.15, 0.2) is 24.3 Å². The van der Waals surface area contributed by atoms with E-state index in [9.17, 15) is 0 Å². The van der Waals surface area contributed by atoms with Gasteiger partial charge in [0.1, 0.15) is 5.75 Å².